The van der Waals surface area contributed by atoms with Crippen LogP contribution in [-0.4, -0.2) is 40.1 Å². The molecule has 0 radical (unpaired) electrons. The molecule has 2 aliphatic carbocycles. The number of Topliss-reactive ketones (excluding diaryl/α,β-unsaturated/α-hetero) is 1. The third-order valence-corrected chi connectivity index (χ3v) is 3.69. The number of rotatable bonds is 1. The molecule has 0 aromatic heterocycles. The average molecular weight is 311 g/mol. The van der Waals surface area contributed by atoms with Crippen molar-refractivity contribution in [2.45, 2.75) is 71.6 Å². The lowest BCUT2D eigenvalue weighted by Crippen LogP contribution is -2.46. The molecule has 0 aromatic rings. The van der Waals surface area contributed by atoms with E-state index < -0.39 is 23.4 Å². The van der Waals surface area contributed by atoms with E-state index in [9.17, 15) is 14.4 Å². The van der Waals surface area contributed by atoms with E-state index >= 15 is 0 Å². The number of ether oxygens (including phenoxy) is 2. The summed E-state index contributed by atoms with van der Waals surface area (Å²) in [6.45, 7) is 10.5. The number of carbonyl (C=O) groups excluding carboxylic acids is 3. The Morgan fingerprint density at radius 1 is 0.909 bits per heavy atom. The Labute approximate surface area is 131 Å². The van der Waals surface area contributed by atoms with Crippen LogP contribution in [0.25, 0.3) is 0 Å². The summed E-state index contributed by atoms with van der Waals surface area (Å²) in [6.07, 6.45) is -0.545. The lowest BCUT2D eigenvalue weighted by atomic mass is 10.2. The number of nitrogens with zero attached hydrogens (tertiary/aromatic N) is 1. The predicted octanol–water partition coefficient (Wildman–Crippen LogP) is 3.14. The molecule has 0 bridgehead atoms. The molecule has 22 heavy (non-hydrogen) atoms. The molecule has 2 saturated carbocycles. The number of hydrogen-bond acceptors (Lipinski definition) is 5. The Morgan fingerprint density at radius 2 is 1.27 bits per heavy atom. The normalized spacial score (nSPS) is 27.2. The highest BCUT2D eigenvalue weighted by Crippen LogP contribution is 2.53. The molecule has 2 amide bonds. The van der Waals surface area contributed by atoms with Crippen LogP contribution in [0.15, 0.2) is 0 Å². The summed E-state index contributed by atoms with van der Waals surface area (Å²) < 4.78 is 10.7. The van der Waals surface area contributed by atoms with Gasteiger partial charge in [0.05, 0.1) is 6.04 Å². The van der Waals surface area contributed by atoms with Gasteiger partial charge in [-0.3, -0.25) is 4.79 Å². The highest BCUT2D eigenvalue weighted by atomic mass is 16.6. The molecule has 2 aliphatic rings. The van der Waals surface area contributed by atoms with Crippen molar-refractivity contribution in [3.8, 4) is 0 Å². The van der Waals surface area contributed by atoms with E-state index in [4.69, 9.17) is 9.47 Å². The summed E-state index contributed by atoms with van der Waals surface area (Å²) in [7, 11) is 0. The van der Waals surface area contributed by atoms with E-state index in [0.29, 0.717) is 12.8 Å². The van der Waals surface area contributed by atoms with E-state index in [1.165, 1.54) is 0 Å². The number of amides is 2. The van der Waals surface area contributed by atoms with Crippen LogP contribution in [0.1, 0.15) is 54.4 Å². The number of carbonyl (C=O) groups is 3. The molecule has 0 N–H and O–H groups in total. The van der Waals surface area contributed by atoms with E-state index in [2.05, 4.69) is 0 Å². The van der Waals surface area contributed by atoms with Gasteiger partial charge < -0.3 is 9.47 Å². The molecule has 0 aromatic carbocycles. The van der Waals surface area contributed by atoms with Gasteiger partial charge >= 0.3 is 12.2 Å². The lowest BCUT2D eigenvalue weighted by molar-refractivity contribution is -0.118. The molecule has 2 rings (SSSR count). The highest BCUT2D eigenvalue weighted by molar-refractivity contribution is 5.91. The van der Waals surface area contributed by atoms with Gasteiger partial charge in [-0.05, 0) is 53.4 Å². The van der Waals surface area contributed by atoms with E-state index in [1.807, 2.05) is 0 Å². The van der Waals surface area contributed by atoms with Crippen LogP contribution in [0, 0.1) is 11.8 Å². The van der Waals surface area contributed by atoms with Crippen molar-refractivity contribution in [2.24, 2.45) is 11.8 Å². The Kier molecular flexibility index (Phi) is 4.00. The highest BCUT2D eigenvalue weighted by Gasteiger charge is 2.62. The molecule has 1 unspecified atom stereocenters. The van der Waals surface area contributed by atoms with Crippen LogP contribution < -0.4 is 0 Å². The first-order valence-electron chi connectivity index (χ1n) is 7.66. The second kappa shape index (κ2) is 5.25. The van der Waals surface area contributed by atoms with Gasteiger partial charge in [0.25, 0.3) is 0 Å². The maximum Gasteiger partial charge on any atom is 0.420 e. The molecule has 3 atom stereocenters. The summed E-state index contributed by atoms with van der Waals surface area (Å²) in [5.41, 5.74) is -1.39. The second-order valence-corrected chi connectivity index (χ2v) is 8.10. The van der Waals surface area contributed by atoms with Gasteiger partial charge in [0.15, 0.2) is 0 Å². The summed E-state index contributed by atoms with van der Waals surface area (Å²) in [5.74, 6) is 0.319. The second-order valence-electron chi connectivity index (χ2n) is 8.10. The van der Waals surface area contributed by atoms with Gasteiger partial charge in [-0.25, -0.2) is 14.5 Å². The fraction of sp³-hybridized carbons (Fsp3) is 0.812. The van der Waals surface area contributed by atoms with E-state index in [-0.39, 0.29) is 23.7 Å². The Morgan fingerprint density at radius 3 is 1.59 bits per heavy atom. The molecule has 124 valence electrons. The zero-order valence-corrected chi connectivity index (χ0v) is 14.1. The Bertz CT molecular complexity index is 458. The largest absolute Gasteiger partial charge is 0.443 e. The maximum atomic E-state index is 12.4. The van der Waals surface area contributed by atoms with Crippen LogP contribution in [0.4, 0.5) is 9.59 Å². The van der Waals surface area contributed by atoms with E-state index in [1.54, 1.807) is 41.5 Å². The number of ketones is 1. The molecular formula is C16H25NO5. The zero-order valence-electron chi connectivity index (χ0n) is 14.1. The van der Waals surface area contributed by atoms with Crippen molar-refractivity contribution in [2.75, 3.05) is 0 Å². The van der Waals surface area contributed by atoms with Crippen LogP contribution in [-0.2, 0) is 14.3 Å². The smallest absolute Gasteiger partial charge is 0.420 e. The Balaban J connectivity index is 2.14. The topological polar surface area (TPSA) is 72.9 Å². The Hall–Kier alpha value is -1.59. The van der Waals surface area contributed by atoms with Gasteiger partial charge in [-0.1, -0.05) is 0 Å². The van der Waals surface area contributed by atoms with Gasteiger partial charge in [-0.2, -0.15) is 0 Å². The van der Waals surface area contributed by atoms with Crippen molar-refractivity contribution in [1.29, 1.82) is 0 Å². The molecule has 2 fully saturated rings. The monoisotopic (exact) mass is 311 g/mol. The third kappa shape index (κ3) is 3.78. The minimum absolute atomic E-state index is 0.0625. The molecule has 0 saturated heterocycles. The lowest BCUT2D eigenvalue weighted by Gasteiger charge is -2.29. The standard InChI is InChI=1S/C16H25NO5/c1-15(2,3)21-13(19)17(14(20)22-16(4,5)6)12-10-7-9(18)8-11(10)12/h10-12H,7-8H2,1-6H3/t10-,11+,12?. The number of imide groups is 1. The molecule has 0 heterocycles. The maximum absolute atomic E-state index is 12.4. The SMILES string of the molecule is CC(C)(C)OC(=O)N(C(=O)OC(C)(C)C)C1[C@H]2CC(=O)C[C@@H]12. The fourth-order valence-corrected chi connectivity index (χ4v) is 2.90. The summed E-state index contributed by atoms with van der Waals surface area (Å²) in [5, 5.41) is 0. The number of fused-ring (bicyclic) bond motifs is 1. The molecule has 0 spiro atoms. The third-order valence-electron chi connectivity index (χ3n) is 3.69. The molecule has 0 aliphatic heterocycles. The molecule has 6 heteroatoms. The van der Waals surface area contributed by atoms with Crippen molar-refractivity contribution < 1.29 is 23.9 Å². The van der Waals surface area contributed by atoms with Crippen LogP contribution in [0.5, 0.6) is 0 Å². The average Bonchev–Trinajstić information content (AvgIpc) is 2.75. The van der Waals surface area contributed by atoms with Crippen molar-refractivity contribution in [1.82, 2.24) is 4.90 Å². The van der Waals surface area contributed by atoms with Gasteiger partial charge in [0, 0.05) is 12.8 Å². The molecule has 6 nitrogen and oxygen atoms in total. The number of hydrogen-bond donors (Lipinski definition) is 0. The minimum Gasteiger partial charge on any atom is -0.443 e. The summed E-state index contributed by atoms with van der Waals surface area (Å²) in [6, 6.07) is -0.276. The fourth-order valence-electron chi connectivity index (χ4n) is 2.90. The van der Waals surface area contributed by atoms with Crippen LogP contribution in [0.3, 0.4) is 0 Å². The van der Waals surface area contributed by atoms with Gasteiger partial charge in [0.2, 0.25) is 0 Å². The van der Waals surface area contributed by atoms with Gasteiger partial charge in [-0.15, -0.1) is 0 Å². The van der Waals surface area contributed by atoms with E-state index in [0.717, 1.165) is 4.90 Å². The van der Waals surface area contributed by atoms with Crippen molar-refractivity contribution >= 4 is 18.0 Å². The summed E-state index contributed by atoms with van der Waals surface area (Å²) in [4.78, 5) is 37.3. The first kappa shape index (κ1) is 16.8. The zero-order chi connectivity index (χ0) is 16.9. The van der Waals surface area contributed by atoms with Crippen molar-refractivity contribution in [3.05, 3.63) is 0 Å². The first-order chi connectivity index (χ1) is 9.89. The minimum atomic E-state index is -0.700. The molecular weight excluding hydrogens is 286 g/mol. The quantitative estimate of drug-likeness (QED) is 0.744. The van der Waals surface area contributed by atoms with Crippen LogP contribution >= 0.6 is 0 Å². The van der Waals surface area contributed by atoms with Gasteiger partial charge in [0.1, 0.15) is 17.0 Å². The van der Waals surface area contributed by atoms with Crippen LogP contribution in [0.2, 0.25) is 0 Å². The first-order valence-corrected chi connectivity index (χ1v) is 7.66. The predicted molar refractivity (Wildman–Crippen MR) is 79.3 cm³/mol. The van der Waals surface area contributed by atoms with Crippen molar-refractivity contribution in [3.63, 3.8) is 0 Å². The summed E-state index contributed by atoms with van der Waals surface area (Å²) >= 11 is 0.